The maximum absolute atomic E-state index is 12.9. The SMILES string of the molecule is C[C@@H](O[Si](C)(C)C(C)(C)C)[C@H]1C(=O)N2C(C(=O)O)=C(COc3ccc(CO)cc3)S[C@H]12. The number of aliphatic hydroxyl groups excluding tert-OH is 1. The van der Waals surface area contributed by atoms with E-state index < -0.39 is 14.3 Å². The molecule has 2 aliphatic heterocycles. The van der Waals surface area contributed by atoms with Crippen LogP contribution in [0.4, 0.5) is 0 Å². The zero-order chi connectivity index (χ0) is 23.1. The lowest BCUT2D eigenvalue weighted by molar-refractivity contribution is -0.156. The van der Waals surface area contributed by atoms with Gasteiger partial charge in [0.15, 0.2) is 8.32 Å². The van der Waals surface area contributed by atoms with Crippen molar-refractivity contribution in [3.05, 3.63) is 40.4 Å². The molecule has 2 aliphatic rings. The third-order valence-corrected chi connectivity index (χ3v) is 12.2. The second-order valence-corrected chi connectivity index (χ2v) is 15.5. The van der Waals surface area contributed by atoms with E-state index in [0.29, 0.717) is 10.7 Å². The van der Waals surface area contributed by atoms with Crippen LogP contribution in [-0.2, 0) is 20.6 Å². The van der Waals surface area contributed by atoms with Crippen molar-refractivity contribution >= 4 is 32.0 Å². The number of carboxylic acid groups (broad SMARTS) is 1. The maximum atomic E-state index is 12.9. The molecular formula is C22H31NO6SSi. The third kappa shape index (κ3) is 4.55. The van der Waals surface area contributed by atoms with Crippen molar-refractivity contribution in [2.45, 2.75) is 63.9 Å². The molecule has 0 radical (unpaired) electrons. The second-order valence-electron chi connectivity index (χ2n) is 9.49. The number of thioether (sulfide) groups is 1. The number of β-lactam (4-membered cyclic amide) rings is 1. The van der Waals surface area contributed by atoms with E-state index in [1.54, 1.807) is 24.3 Å². The number of hydrogen-bond donors (Lipinski definition) is 2. The number of carbonyl (C=O) groups excluding carboxylic acids is 1. The van der Waals surface area contributed by atoms with Crippen molar-refractivity contribution in [1.82, 2.24) is 4.90 Å². The first-order valence-electron chi connectivity index (χ1n) is 10.3. The molecule has 170 valence electrons. The molecule has 2 N–H and O–H groups in total. The molecule has 0 bridgehead atoms. The zero-order valence-electron chi connectivity index (χ0n) is 18.8. The monoisotopic (exact) mass is 465 g/mol. The molecule has 0 saturated carbocycles. The standard InChI is InChI=1S/C22H31NO6SSi/c1-13(29-31(5,6)22(2,3)4)17-19(25)23-18(21(26)27)16(30-20(17)23)12-28-15-9-7-14(11-24)8-10-15/h7-10,13,17,20,24H,11-12H2,1-6H3,(H,26,27)/t13-,17+,20-/m1/s1. The van der Waals surface area contributed by atoms with Gasteiger partial charge >= 0.3 is 5.97 Å². The van der Waals surface area contributed by atoms with E-state index >= 15 is 0 Å². The van der Waals surface area contributed by atoms with Gasteiger partial charge in [0.05, 0.1) is 23.5 Å². The molecule has 1 amide bonds. The summed E-state index contributed by atoms with van der Waals surface area (Å²) in [6.07, 6.45) is -0.288. The van der Waals surface area contributed by atoms with Crippen LogP contribution in [0.25, 0.3) is 0 Å². The van der Waals surface area contributed by atoms with Gasteiger partial charge in [0.1, 0.15) is 23.4 Å². The van der Waals surface area contributed by atoms with Crippen LogP contribution in [0.1, 0.15) is 33.3 Å². The van der Waals surface area contributed by atoms with Crippen molar-refractivity contribution < 1.29 is 29.0 Å². The number of aliphatic carboxylic acids is 1. The fraction of sp³-hybridized carbons (Fsp3) is 0.545. The maximum Gasteiger partial charge on any atom is 0.353 e. The van der Waals surface area contributed by atoms with Gasteiger partial charge in [-0.15, -0.1) is 0 Å². The van der Waals surface area contributed by atoms with Crippen molar-refractivity contribution in [2.24, 2.45) is 5.92 Å². The molecule has 0 spiro atoms. The number of carboxylic acids is 1. The van der Waals surface area contributed by atoms with Gasteiger partial charge in [0, 0.05) is 0 Å². The van der Waals surface area contributed by atoms with Crippen LogP contribution in [0.5, 0.6) is 5.75 Å². The van der Waals surface area contributed by atoms with Crippen LogP contribution in [0.2, 0.25) is 18.1 Å². The summed E-state index contributed by atoms with van der Waals surface area (Å²) < 4.78 is 12.2. The highest BCUT2D eigenvalue weighted by molar-refractivity contribution is 8.04. The summed E-state index contributed by atoms with van der Waals surface area (Å²) in [7, 11) is -2.06. The normalized spacial score (nSPS) is 22.3. The van der Waals surface area contributed by atoms with E-state index in [1.165, 1.54) is 16.7 Å². The third-order valence-electron chi connectivity index (χ3n) is 6.32. The number of aliphatic hydroxyl groups is 1. The van der Waals surface area contributed by atoms with Crippen molar-refractivity contribution in [3.63, 3.8) is 0 Å². The average molecular weight is 466 g/mol. The number of rotatable bonds is 8. The van der Waals surface area contributed by atoms with E-state index in [0.717, 1.165) is 5.56 Å². The summed E-state index contributed by atoms with van der Waals surface area (Å²) in [6.45, 7) is 12.7. The van der Waals surface area contributed by atoms with Crippen LogP contribution in [0, 0.1) is 5.92 Å². The molecule has 1 fully saturated rings. The quantitative estimate of drug-likeness (QED) is 0.445. The first-order valence-corrected chi connectivity index (χ1v) is 14.1. The number of ether oxygens (including phenoxy) is 1. The van der Waals surface area contributed by atoms with E-state index in [2.05, 4.69) is 33.9 Å². The Kier molecular flexibility index (Phi) is 6.62. The largest absolute Gasteiger partial charge is 0.488 e. The Balaban J connectivity index is 1.72. The van der Waals surface area contributed by atoms with Gasteiger partial charge in [-0.3, -0.25) is 9.69 Å². The minimum absolute atomic E-state index is 0.00255. The molecule has 1 aromatic carbocycles. The minimum Gasteiger partial charge on any atom is -0.488 e. The summed E-state index contributed by atoms with van der Waals surface area (Å²) >= 11 is 1.37. The topological polar surface area (TPSA) is 96.3 Å². The molecule has 3 atom stereocenters. The highest BCUT2D eigenvalue weighted by Crippen LogP contribution is 2.51. The van der Waals surface area contributed by atoms with E-state index in [-0.39, 0.29) is 47.3 Å². The fourth-order valence-electron chi connectivity index (χ4n) is 3.50. The number of amides is 1. The molecule has 2 heterocycles. The number of fused-ring (bicyclic) bond motifs is 1. The average Bonchev–Trinajstić information content (AvgIpc) is 3.00. The first kappa shape index (κ1) is 23.8. The van der Waals surface area contributed by atoms with Crippen LogP contribution in [0.15, 0.2) is 34.9 Å². The molecule has 1 aromatic rings. The number of benzene rings is 1. The molecule has 0 unspecified atom stereocenters. The molecule has 9 heteroatoms. The lowest BCUT2D eigenvalue weighted by Crippen LogP contribution is -2.62. The number of carbonyl (C=O) groups is 2. The Bertz CT molecular complexity index is 892. The van der Waals surface area contributed by atoms with Crippen LogP contribution < -0.4 is 4.74 Å². The van der Waals surface area contributed by atoms with Gasteiger partial charge in [-0.1, -0.05) is 44.7 Å². The van der Waals surface area contributed by atoms with E-state index in [1.807, 2.05) is 6.92 Å². The molecule has 31 heavy (non-hydrogen) atoms. The molecular weight excluding hydrogens is 434 g/mol. The van der Waals surface area contributed by atoms with Crippen LogP contribution in [-0.4, -0.2) is 53.4 Å². The second kappa shape index (κ2) is 8.61. The van der Waals surface area contributed by atoms with Gasteiger partial charge in [-0.05, 0) is 42.8 Å². The summed E-state index contributed by atoms with van der Waals surface area (Å²) in [5, 5.41) is 18.6. The van der Waals surface area contributed by atoms with Gasteiger partial charge < -0.3 is 19.4 Å². The number of nitrogens with zero attached hydrogens (tertiary/aromatic N) is 1. The zero-order valence-corrected chi connectivity index (χ0v) is 20.7. The molecule has 7 nitrogen and oxygen atoms in total. The number of hydrogen-bond acceptors (Lipinski definition) is 6. The Hall–Kier alpha value is -1.81. The van der Waals surface area contributed by atoms with Gasteiger partial charge in [0.2, 0.25) is 5.91 Å². The highest BCUT2D eigenvalue weighted by atomic mass is 32.2. The predicted octanol–water partition coefficient (Wildman–Crippen LogP) is 3.80. The summed E-state index contributed by atoms with van der Waals surface area (Å²) in [4.78, 5) is 26.7. The lowest BCUT2D eigenvalue weighted by Gasteiger charge is -2.48. The van der Waals surface area contributed by atoms with Crippen molar-refractivity contribution in [3.8, 4) is 5.75 Å². The van der Waals surface area contributed by atoms with E-state index in [9.17, 15) is 14.7 Å². The predicted molar refractivity (Wildman–Crippen MR) is 122 cm³/mol. The first-order chi connectivity index (χ1) is 14.4. The highest BCUT2D eigenvalue weighted by Gasteiger charge is 2.59. The minimum atomic E-state index is -2.06. The Morgan fingerprint density at radius 2 is 1.87 bits per heavy atom. The summed E-state index contributed by atoms with van der Waals surface area (Å²) in [5.74, 6) is -1.14. The molecule has 1 saturated heterocycles. The molecule has 0 aliphatic carbocycles. The Morgan fingerprint density at radius 1 is 1.26 bits per heavy atom. The fourth-order valence-corrected chi connectivity index (χ4v) is 6.44. The smallest absolute Gasteiger partial charge is 0.353 e. The van der Waals surface area contributed by atoms with Gasteiger partial charge in [-0.25, -0.2) is 4.79 Å². The van der Waals surface area contributed by atoms with Crippen LogP contribution in [0.3, 0.4) is 0 Å². The molecule has 3 rings (SSSR count). The Labute approximate surface area is 188 Å². The van der Waals surface area contributed by atoms with Gasteiger partial charge in [0.25, 0.3) is 0 Å². The van der Waals surface area contributed by atoms with Crippen molar-refractivity contribution in [1.29, 1.82) is 0 Å². The van der Waals surface area contributed by atoms with Gasteiger partial charge in [-0.2, -0.15) is 0 Å². The van der Waals surface area contributed by atoms with E-state index in [4.69, 9.17) is 14.3 Å². The lowest BCUT2D eigenvalue weighted by atomic mass is 9.92. The molecule has 0 aromatic heterocycles. The van der Waals surface area contributed by atoms with Crippen molar-refractivity contribution in [2.75, 3.05) is 6.61 Å². The summed E-state index contributed by atoms with van der Waals surface area (Å²) in [5.41, 5.74) is 0.768. The summed E-state index contributed by atoms with van der Waals surface area (Å²) in [6, 6.07) is 6.95. The van der Waals surface area contributed by atoms with Crippen LogP contribution >= 0.6 is 11.8 Å². The Morgan fingerprint density at radius 3 is 2.39 bits per heavy atom.